The van der Waals surface area contributed by atoms with Crippen molar-refractivity contribution in [2.45, 2.75) is 44.8 Å². The first-order valence-corrected chi connectivity index (χ1v) is 6.24. The van der Waals surface area contributed by atoms with Gasteiger partial charge in [0.15, 0.2) is 0 Å². The van der Waals surface area contributed by atoms with Gasteiger partial charge < -0.3 is 10.1 Å². The van der Waals surface area contributed by atoms with Gasteiger partial charge in [0.25, 0.3) is 0 Å². The van der Waals surface area contributed by atoms with Gasteiger partial charge in [-0.25, -0.2) is 4.39 Å². The van der Waals surface area contributed by atoms with Crippen LogP contribution in [0.3, 0.4) is 0 Å². The second-order valence-corrected chi connectivity index (χ2v) is 4.87. The van der Waals surface area contributed by atoms with Crippen LogP contribution in [-0.2, 0) is 4.74 Å². The predicted molar refractivity (Wildman–Crippen MR) is 67.8 cm³/mol. The highest BCUT2D eigenvalue weighted by Crippen LogP contribution is 2.24. The second kappa shape index (κ2) is 5.50. The average molecular weight is 237 g/mol. The predicted octanol–water partition coefficient (Wildman–Crippen LogP) is 3.50. The summed E-state index contributed by atoms with van der Waals surface area (Å²) in [7, 11) is 1.77. The summed E-state index contributed by atoms with van der Waals surface area (Å²) >= 11 is 0. The molecule has 0 radical (unpaired) electrons. The number of halogens is 1. The van der Waals surface area contributed by atoms with E-state index in [9.17, 15) is 4.39 Å². The molecule has 2 rings (SSSR count). The first-order chi connectivity index (χ1) is 8.17. The Balaban J connectivity index is 1.93. The van der Waals surface area contributed by atoms with Crippen molar-refractivity contribution in [3.8, 4) is 0 Å². The third-order valence-electron chi connectivity index (χ3n) is 3.42. The van der Waals surface area contributed by atoms with Gasteiger partial charge in [0.1, 0.15) is 5.82 Å². The maximum absolute atomic E-state index is 13.2. The summed E-state index contributed by atoms with van der Waals surface area (Å²) in [5.74, 6) is -0.168. The number of aryl methyl sites for hydroxylation is 1. The third-order valence-corrected chi connectivity index (χ3v) is 3.42. The number of rotatable bonds is 3. The number of nitrogens with one attached hydrogen (secondary N) is 1. The van der Waals surface area contributed by atoms with E-state index < -0.39 is 0 Å². The molecule has 0 atom stereocenters. The van der Waals surface area contributed by atoms with Gasteiger partial charge in [0.2, 0.25) is 0 Å². The van der Waals surface area contributed by atoms with Crippen molar-refractivity contribution in [3.63, 3.8) is 0 Å². The van der Waals surface area contributed by atoms with Crippen molar-refractivity contribution < 1.29 is 9.13 Å². The van der Waals surface area contributed by atoms with E-state index in [1.807, 2.05) is 13.0 Å². The van der Waals surface area contributed by atoms with Crippen LogP contribution >= 0.6 is 0 Å². The fraction of sp³-hybridized carbons (Fsp3) is 0.571. The first-order valence-electron chi connectivity index (χ1n) is 6.24. The number of anilines is 1. The van der Waals surface area contributed by atoms with E-state index in [1.54, 1.807) is 19.2 Å². The van der Waals surface area contributed by atoms with E-state index >= 15 is 0 Å². The van der Waals surface area contributed by atoms with Gasteiger partial charge in [-0.1, -0.05) is 0 Å². The summed E-state index contributed by atoms with van der Waals surface area (Å²) in [6.07, 6.45) is 4.76. The molecule has 17 heavy (non-hydrogen) atoms. The highest BCUT2D eigenvalue weighted by molar-refractivity contribution is 5.46. The van der Waals surface area contributed by atoms with Gasteiger partial charge in [0, 0.05) is 18.8 Å². The third kappa shape index (κ3) is 3.43. The fourth-order valence-electron chi connectivity index (χ4n) is 2.50. The topological polar surface area (TPSA) is 21.3 Å². The number of methoxy groups -OCH3 is 1. The highest BCUT2D eigenvalue weighted by Gasteiger charge is 2.20. The molecule has 0 aliphatic heterocycles. The lowest BCUT2D eigenvalue weighted by Crippen LogP contribution is -2.29. The smallest absolute Gasteiger partial charge is 0.125 e. The van der Waals surface area contributed by atoms with Gasteiger partial charge in [-0.05, 0) is 56.4 Å². The van der Waals surface area contributed by atoms with Crippen LogP contribution in [0.1, 0.15) is 31.2 Å². The molecule has 94 valence electrons. The van der Waals surface area contributed by atoms with Gasteiger partial charge in [-0.2, -0.15) is 0 Å². The quantitative estimate of drug-likeness (QED) is 0.868. The lowest BCUT2D eigenvalue weighted by Gasteiger charge is -2.29. The molecule has 1 saturated carbocycles. The van der Waals surface area contributed by atoms with E-state index in [1.165, 1.54) is 0 Å². The van der Waals surface area contributed by atoms with E-state index in [0.29, 0.717) is 12.1 Å². The minimum absolute atomic E-state index is 0.168. The molecule has 0 spiro atoms. The van der Waals surface area contributed by atoms with Crippen LogP contribution in [0, 0.1) is 12.7 Å². The average Bonchev–Trinajstić information content (AvgIpc) is 2.28. The Morgan fingerprint density at radius 1 is 1.18 bits per heavy atom. The van der Waals surface area contributed by atoms with Crippen LogP contribution in [0.25, 0.3) is 0 Å². The zero-order valence-corrected chi connectivity index (χ0v) is 10.5. The van der Waals surface area contributed by atoms with E-state index in [-0.39, 0.29) is 5.82 Å². The molecule has 0 bridgehead atoms. The van der Waals surface area contributed by atoms with Crippen molar-refractivity contribution in [2.75, 3.05) is 12.4 Å². The molecule has 0 aromatic heterocycles. The number of hydrogen-bond donors (Lipinski definition) is 1. The molecule has 1 aliphatic rings. The second-order valence-electron chi connectivity index (χ2n) is 4.87. The Kier molecular flexibility index (Phi) is 4.00. The van der Waals surface area contributed by atoms with Crippen molar-refractivity contribution in [2.24, 2.45) is 0 Å². The van der Waals surface area contributed by atoms with Crippen molar-refractivity contribution in [3.05, 3.63) is 29.6 Å². The van der Waals surface area contributed by atoms with Crippen LogP contribution < -0.4 is 5.32 Å². The lowest BCUT2D eigenvalue weighted by atomic mass is 9.93. The van der Waals surface area contributed by atoms with E-state index in [4.69, 9.17) is 4.74 Å². The zero-order chi connectivity index (χ0) is 12.3. The standard InChI is InChI=1S/C14H20FNO/c1-10-7-11(15)9-13(8-10)16-12-3-5-14(17-2)6-4-12/h7-9,12,14,16H,3-6H2,1-2H3. The van der Waals surface area contributed by atoms with Crippen molar-refractivity contribution in [1.29, 1.82) is 0 Å². The lowest BCUT2D eigenvalue weighted by molar-refractivity contribution is 0.0682. The van der Waals surface area contributed by atoms with Crippen LogP contribution in [0.5, 0.6) is 0 Å². The fourth-order valence-corrected chi connectivity index (χ4v) is 2.50. The first kappa shape index (κ1) is 12.4. The van der Waals surface area contributed by atoms with E-state index in [0.717, 1.165) is 36.9 Å². The molecule has 1 N–H and O–H groups in total. The maximum atomic E-state index is 13.2. The van der Waals surface area contributed by atoms with E-state index in [2.05, 4.69) is 5.32 Å². The molecule has 3 heteroatoms. The molecule has 1 aromatic carbocycles. The molecular weight excluding hydrogens is 217 g/mol. The SMILES string of the molecule is COC1CCC(Nc2cc(C)cc(F)c2)CC1. The van der Waals surface area contributed by atoms with Gasteiger partial charge >= 0.3 is 0 Å². The summed E-state index contributed by atoms with van der Waals surface area (Å²) in [5, 5.41) is 3.41. The largest absolute Gasteiger partial charge is 0.382 e. The molecule has 1 fully saturated rings. The van der Waals surface area contributed by atoms with Gasteiger partial charge in [-0.15, -0.1) is 0 Å². The maximum Gasteiger partial charge on any atom is 0.125 e. The Labute approximate surface area is 102 Å². The van der Waals surface area contributed by atoms with Crippen LogP contribution in [-0.4, -0.2) is 19.3 Å². The molecule has 2 nitrogen and oxygen atoms in total. The summed E-state index contributed by atoms with van der Waals surface area (Å²) in [4.78, 5) is 0. The minimum Gasteiger partial charge on any atom is -0.382 e. The number of ether oxygens (including phenoxy) is 1. The molecule has 0 heterocycles. The zero-order valence-electron chi connectivity index (χ0n) is 10.5. The van der Waals surface area contributed by atoms with Crippen LogP contribution in [0.2, 0.25) is 0 Å². The Morgan fingerprint density at radius 2 is 1.88 bits per heavy atom. The van der Waals surface area contributed by atoms with Crippen LogP contribution in [0.4, 0.5) is 10.1 Å². The number of benzene rings is 1. The molecule has 0 saturated heterocycles. The van der Waals surface area contributed by atoms with Crippen LogP contribution in [0.15, 0.2) is 18.2 Å². The minimum atomic E-state index is -0.168. The molecule has 0 unspecified atom stereocenters. The summed E-state index contributed by atoms with van der Waals surface area (Å²) in [6, 6.07) is 5.55. The highest BCUT2D eigenvalue weighted by atomic mass is 19.1. The molecule has 0 amide bonds. The Morgan fingerprint density at radius 3 is 2.47 bits per heavy atom. The van der Waals surface area contributed by atoms with Crippen molar-refractivity contribution >= 4 is 5.69 Å². The molecule has 1 aliphatic carbocycles. The number of hydrogen-bond acceptors (Lipinski definition) is 2. The monoisotopic (exact) mass is 237 g/mol. The summed E-state index contributed by atoms with van der Waals surface area (Å²) < 4.78 is 18.6. The molecular formula is C14H20FNO. The van der Waals surface area contributed by atoms with Crippen molar-refractivity contribution in [1.82, 2.24) is 0 Å². The Bertz CT molecular complexity index is 352. The summed E-state index contributed by atoms with van der Waals surface area (Å²) in [5.41, 5.74) is 1.85. The Hall–Kier alpha value is -1.09. The summed E-state index contributed by atoms with van der Waals surface area (Å²) in [6.45, 7) is 1.91. The van der Waals surface area contributed by atoms with Gasteiger partial charge in [-0.3, -0.25) is 0 Å². The van der Waals surface area contributed by atoms with Gasteiger partial charge in [0.05, 0.1) is 6.10 Å². The normalized spacial score (nSPS) is 24.6. The molecule has 1 aromatic rings.